The topological polar surface area (TPSA) is 93.0 Å². The van der Waals surface area contributed by atoms with E-state index in [0.29, 0.717) is 34.9 Å². The fraction of sp³-hybridized carbons (Fsp3) is 0.250. The molecule has 2 atom stereocenters. The Morgan fingerprint density at radius 3 is 2.88 bits per heavy atom. The minimum Gasteiger partial charge on any atom is -0.493 e. The molecule has 3 aromatic rings. The fourth-order valence-electron chi connectivity index (χ4n) is 4.38. The number of rotatable bonds is 5. The van der Waals surface area contributed by atoms with Crippen LogP contribution in [0.1, 0.15) is 41.1 Å². The molecule has 8 nitrogen and oxygen atoms in total. The summed E-state index contributed by atoms with van der Waals surface area (Å²) >= 11 is 0. The molecule has 3 amide bonds. The summed E-state index contributed by atoms with van der Waals surface area (Å²) in [6.07, 6.45) is 2.11. The number of hydrogen-bond donors (Lipinski definition) is 2. The summed E-state index contributed by atoms with van der Waals surface area (Å²) in [7, 11) is 1.59. The summed E-state index contributed by atoms with van der Waals surface area (Å²) in [5.41, 5.74) is 0.937. The van der Waals surface area contributed by atoms with E-state index in [9.17, 15) is 9.59 Å². The molecule has 1 fully saturated rings. The molecule has 0 saturated carbocycles. The third kappa shape index (κ3) is 3.33. The number of furan rings is 1. The highest BCUT2D eigenvalue weighted by Crippen LogP contribution is 2.49. The minimum absolute atomic E-state index is 0.192. The van der Waals surface area contributed by atoms with Crippen LogP contribution < -0.4 is 25.0 Å². The number of hydrogen-bond acceptors (Lipinski definition) is 5. The average molecular weight is 433 g/mol. The highest BCUT2D eigenvalue weighted by atomic mass is 16.5. The molecule has 3 heterocycles. The monoisotopic (exact) mass is 433 g/mol. The van der Waals surface area contributed by atoms with Crippen LogP contribution in [0.25, 0.3) is 0 Å². The molecule has 164 valence electrons. The molecule has 0 aliphatic carbocycles. The first-order valence-corrected chi connectivity index (χ1v) is 10.4. The first kappa shape index (κ1) is 20.0. The Balaban J connectivity index is 1.44. The van der Waals surface area contributed by atoms with Crippen molar-refractivity contribution in [2.24, 2.45) is 0 Å². The maximum atomic E-state index is 13.1. The standard InChI is InChI=1S/C24H23N3O5/c1-24-13-19(18-9-4-10-20(30-2)21(18)32-24)26-23(29)27(24)16-7-3-6-15(12-16)22(28)25-14-17-8-5-11-31-17/h3-12,19H,13-14H2,1-2H3,(H,25,28)(H,26,29). The number of nitrogens with one attached hydrogen (secondary N) is 2. The molecule has 2 bridgehead atoms. The molecule has 0 radical (unpaired) electrons. The van der Waals surface area contributed by atoms with Crippen LogP contribution in [0, 0.1) is 0 Å². The number of benzene rings is 2. The first-order valence-electron chi connectivity index (χ1n) is 10.4. The Morgan fingerprint density at radius 2 is 2.09 bits per heavy atom. The van der Waals surface area contributed by atoms with Gasteiger partial charge in [0.25, 0.3) is 5.91 Å². The van der Waals surface area contributed by atoms with Crippen molar-refractivity contribution >= 4 is 17.6 Å². The van der Waals surface area contributed by atoms with Crippen molar-refractivity contribution in [3.63, 3.8) is 0 Å². The Kier molecular flexibility index (Phi) is 4.77. The highest BCUT2D eigenvalue weighted by molar-refractivity contribution is 5.99. The van der Waals surface area contributed by atoms with Gasteiger partial charge in [0.15, 0.2) is 17.2 Å². The number of carbonyl (C=O) groups is 2. The van der Waals surface area contributed by atoms with E-state index in [-0.39, 0.29) is 24.5 Å². The van der Waals surface area contributed by atoms with Gasteiger partial charge in [-0.1, -0.05) is 18.2 Å². The van der Waals surface area contributed by atoms with Gasteiger partial charge in [-0.3, -0.25) is 9.69 Å². The molecule has 2 aliphatic heterocycles. The summed E-state index contributed by atoms with van der Waals surface area (Å²) in [5.74, 6) is 1.62. The Bertz CT molecular complexity index is 1180. The smallest absolute Gasteiger partial charge is 0.325 e. The van der Waals surface area contributed by atoms with Crippen LogP contribution in [0.5, 0.6) is 11.5 Å². The molecular weight excluding hydrogens is 410 g/mol. The Labute approximate surface area is 185 Å². The number of anilines is 1. The zero-order valence-electron chi connectivity index (χ0n) is 17.8. The van der Waals surface area contributed by atoms with E-state index in [1.165, 1.54) is 0 Å². The van der Waals surface area contributed by atoms with Crippen molar-refractivity contribution in [3.8, 4) is 11.5 Å². The molecule has 0 spiro atoms. The van der Waals surface area contributed by atoms with E-state index in [1.54, 1.807) is 54.7 Å². The van der Waals surface area contributed by atoms with Gasteiger partial charge in [0.2, 0.25) is 0 Å². The average Bonchev–Trinajstić information content (AvgIpc) is 3.30. The third-order valence-corrected chi connectivity index (χ3v) is 5.85. The number of ether oxygens (including phenoxy) is 2. The van der Waals surface area contributed by atoms with Crippen LogP contribution >= 0.6 is 0 Å². The predicted octanol–water partition coefficient (Wildman–Crippen LogP) is 3.99. The third-order valence-electron chi connectivity index (χ3n) is 5.85. The van der Waals surface area contributed by atoms with Gasteiger partial charge in [0.1, 0.15) is 5.76 Å². The Morgan fingerprint density at radius 1 is 1.25 bits per heavy atom. The van der Waals surface area contributed by atoms with E-state index >= 15 is 0 Å². The maximum Gasteiger partial charge on any atom is 0.325 e. The highest BCUT2D eigenvalue weighted by Gasteiger charge is 2.50. The van der Waals surface area contributed by atoms with Crippen LogP contribution in [0.3, 0.4) is 0 Å². The second-order valence-corrected chi connectivity index (χ2v) is 8.01. The molecule has 2 unspecified atom stereocenters. The van der Waals surface area contributed by atoms with Crippen LogP contribution in [0.15, 0.2) is 65.3 Å². The second kappa shape index (κ2) is 7.64. The number of methoxy groups -OCH3 is 1. The second-order valence-electron chi connectivity index (χ2n) is 8.01. The first-order chi connectivity index (χ1) is 15.5. The fourth-order valence-corrected chi connectivity index (χ4v) is 4.38. The van der Waals surface area contributed by atoms with E-state index < -0.39 is 5.72 Å². The van der Waals surface area contributed by atoms with E-state index in [1.807, 2.05) is 25.1 Å². The summed E-state index contributed by atoms with van der Waals surface area (Å²) < 4.78 is 17.1. The van der Waals surface area contributed by atoms with E-state index in [2.05, 4.69) is 10.6 Å². The number of nitrogens with zero attached hydrogens (tertiary/aromatic N) is 1. The molecule has 2 N–H and O–H groups in total. The van der Waals surface area contributed by atoms with Crippen molar-refractivity contribution in [2.75, 3.05) is 12.0 Å². The molecule has 5 rings (SSSR count). The molecule has 2 aromatic carbocycles. The number of para-hydroxylation sites is 1. The maximum absolute atomic E-state index is 13.1. The lowest BCUT2D eigenvalue weighted by Crippen LogP contribution is -2.65. The van der Waals surface area contributed by atoms with Crippen molar-refractivity contribution in [3.05, 3.63) is 77.7 Å². The lowest BCUT2D eigenvalue weighted by atomic mass is 9.89. The van der Waals surface area contributed by atoms with Crippen molar-refractivity contribution in [2.45, 2.75) is 31.7 Å². The molecule has 1 saturated heterocycles. The van der Waals surface area contributed by atoms with Gasteiger partial charge in [-0.2, -0.15) is 0 Å². The molecule has 32 heavy (non-hydrogen) atoms. The minimum atomic E-state index is -0.947. The quantitative estimate of drug-likeness (QED) is 0.635. The van der Waals surface area contributed by atoms with Crippen LogP contribution in [0.4, 0.5) is 10.5 Å². The number of urea groups is 1. The molecule has 8 heteroatoms. The lowest BCUT2D eigenvalue weighted by molar-refractivity contribution is 0.0349. The van der Waals surface area contributed by atoms with Gasteiger partial charge in [0.05, 0.1) is 31.6 Å². The van der Waals surface area contributed by atoms with E-state index in [4.69, 9.17) is 13.9 Å². The van der Waals surface area contributed by atoms with Gasteiger partial charge in [0, 0.05) is 17.5 Å². The van der Waals surface area contributed by atoms with Gasteiger partial charge < -0.3 is 24.5 Å². The number of carbonyl (C=O) groups excluding carboxylic acids is 2. The van der Waals surface area contributed by atoms with Crippen LogP contribution in [0.2, 0.25) is 0 Å². The summed E-state index contributed by atoms with van der Waals surface area (Å²) in [5, 5.41) is 5.88. The largest absolute Gasteiger partial charge is 0.493 e. The zero-order valence-corrected chi connectivity index (χ0v) is 17.8. The summed E-state index contributed by atoms with van der Waals surface area (Å²) in [4.78, 5) is 27.4. The summed E-state index contributed by atoms with van der Waals surface area (Å²) in [6.45, 7) is 2.15. The van der Waals surface area contributed by atoms with Crippen LogP contribution in [-0.4, -0.2) is 24.8 Å². The van der Waals surface area contributed by atoms with Crippen molar-refractivity contribution in [1.29, 1.82) is 0 Å². The van der Waals surface area contributed by atoms with Crippen molar-refractivity contribution < 1.29 is 23.5 Å². The van der Waals surface area contributed by atoms with E-state index in [0.717, 1.165) is 5.56 Å². The number of amides is 3. The predicted molar refractivity (Wildman–Crippen MR) is 117 cm³/mol. The number of fused-ring (bicyclic) bond motifs is 4. The lowest BCUT2D eigenvalue weighted by Gasteiger charge is -2.50. The molecular formula is C24H23N3O5. The summed E-state index contributed by atoms with van der Waals surface area (Å²) in [6, 6.07) is 15.6. The van der Waals surface area contributed by atoms with Gasteiger partial charge >= 0.3 is 6.03 Å². The van der Waals surface area contributed by atoms with Gasteiger partial charge in [-0.05, 0) is 43.3 Å². The Hall–Kier alpha value is -3.94. The zero-order chi connectivity index (χ0) is 22.3. The van der Waals surface area contributed by atoms with Crippen molar-refractivity contribution in [1.82, 2.24) is 10.6 Å². The normalized spacial score (nSPS) is 21.2. The van der Waals surface area contributed by atoms with Gasteiger partial charge in [-0.25, -0.2) is 4.79 Å². The van der Waals surface area contributed by atoms with Gasteiger partial charge in [-0.15, -0.1) is 0 Å². The molecule has 1 aromatic heterocycles. The SMILES string of the molecule is COc1cccc2c1OC1(C)CC2NC(=O)N1c1cccc(C(=O)NCc2ccco2)c1. The molecule has 2 aliphatic rings. The van der Waals surface area contributed by atoms with Crippen LogP contribution in [-0.2, 0) is 6.54 Å².